The first-order valence-corrected chi connectivity index (χ1v) is 7.75. The van der Waals surface area contributed by atoms with Gasteiger partial charge in [0.25, 0.3) is 11.6 Å². The molecule has 2 aromatic carbocycles. The predicted octanol–water partition coefficient (Wildman–Crippen LogP) is 2.75. The van der Waals surface area contributed by atoms with Gasteiger partial charge in [-0.15, -0.1) is 0 Å². The van der Waals surface area contributed by atoms with E-state index < -0.39 is 4.92 Å². The van der Waals surface area contributed by atoms with Crippen LogP contribution in [-0.2, 0) is 6.42 Å². The fourth-order valence-corrected chi connectivity index (χ4v) is 2.42. The molecule has 126 valence electrons. The Morgan fingerprint density at radius 2 is 1.96 bits per heavy atom. The molecule has 0 unspecified atom stereocenters. The summed E-state index contributed by atoms with van der Waals surface area (Å²) < 4.78 is 1.77. The molecule has 0 aliphatic carbocycles. The predicted molar refractivity (Wildman–Crippen MR) is 92.7 cm³/mol. The van der Waals surface area contributed by atoms with E-state index in [1.807, 2.05) is 36.5 Å². The van der Waals surface area contributed by atoms with Crippen molar-refractivity contribution in [1.29, 1.82) is 0 Å². The molecule has 0 spiro atoms. The molecular formula is C18H16N4O3. The van der Waals surface area contributed by atoms with E-state index in [4.69, 9.17) is 0 Å². The lowest BCUT2D eigenvalue weighted by Crippen LogP contribution is -2.25. The molecule has 25 heavy (non-hydrogen) atoms. The number of rotatable bonds is 6. The number of aromatic nitrogens is 2. The van der Waals surface area contributed by atoms with E-state index in [2.05, 4.69) is 10.4 Å². The van der Waals surface area contributed by atoms with Gasteiger partial charge in [0.05, 0.1) is 10.6 Å². The van der Waals surface area contributed by atoms with Crippen molar-refractivity contribution in [3.8, 4) is 5.69 Å². The highest BCUT2D eigenvalue weighted by molar-refractivity contribution is 5.94. The monoisotopic (exact) mass is 336 g/mol. The van der Waals surface area contributed by atoms with Crippen molar-refractivity contribution < 1.29 is 9.72 Å². The number of carbonyl (C=O) groups is 1. The molecule has 0 saturated carbocycles. The molecule has 0 saturated heterocycles. The van der Waals surface area contributed by atoms with Crippen LogP contribution in [-0.4, -0.2) is 27.2 Å². The average Bonchev–Trinajstić information content (AvgIpc) is 3.17. The van der Waals surface area contributed by atoms with E-state index in [1.54, 1.807) is 16.9 Å². The number of nitrogens with one attached hydrogen (secondary N) is 1. The standard InChI is InChI=1S/C18H16N4O3/c23-18(15-3-1-4-17(13-15)22(24)25)19-11-9-14-5-7-16(8-6-14)21-12-2-10-20-21/h1-8,10,12-13H,9,11H2,(H,19,23). The minimum atomic E-state index is -0.516. The lowest BCUT2D eigenvalue weighted by atomic mass is 10.1. The maximum atomic E-state index is 12.1. The van der Waals surface area contributed by atoms with Crippen molar-refractivity contribution in [2.45, 2.75) is 6.42 Å². The lowest BCUT2D eigenvalue weighted by Gasteiger charge is -2.07. The molecule has 7 nitrogen and oxygen atoms in total. The van der Waals surface area contributed by atoms with Crippen molar-refractivity contribution in [3.63, 3.8) is 0 Å². The molecule has 0 fully saturated rings. The van der Waals surface area contributed by atoms with Gasteiger partial charge in [0, 0.05) is 36.6 Å². The van der Waals surface area contributed by atoms with Crippen molar-refractivity contribution >= 4 is 11.6 Å². The summed E-state index contributed by atoms with van der Waals surface area (Å²) in [6, 6.07) is 15.4. The number of non-ortho nitro benzene ring substituents is 1. The second-order valence-electron chi connectivity index (χ2n) is 5.43. The zero-order valence-electron chi connectivity index (χ0n) is 13.3. The third-order valence-electron chi connectivity index (χ3n) is 3.72. The second kappa shape index (κ2) is 7.39. The first-order chi connectivity index (χ1) is 12.1. The van der Waals surface area contributed by atoms with Gasteiger partial charge in [-0.1, -0.05) is 18.2 Å². The zero-order chi connectivity index (χ0) is 17.6. The molecule has 1 aromatic heterocycles. The van der Waals surface area contributed by atoms with Gasteiger partial charge in [-0.2, -0.15) is 5.10 Å². The van der Waals surface area contributed by atoms with Crippen LogP contribution in [0.15, 0.2) is 67.0 Å². The van der Waals surface area contributed by atoms with Crippen LogP contribution in [0, 0.1) is 10.1 Å². The van der Waals surface area contributed by atoms with Crippen molar-refractivity contribution in [2.75, 3.05) is 6.54 Å². The Labute approximate surface area is 144 Å². The molecule has 0 aliphatic heterocycles. The fourth-order valence-electron chi connectivity index (χ4n) is 2.42. The van der Waals surface area contributed by atoms with E-state index in [0.29, 0.717) is 13.0 Å². The molecule has 3 aromatic rings. The summed E-state index contributed by atoms with van der Waals surface area (Å²) in [5.41, 5.74) is 2.23. The van der Waals surface area contributed by atoms with E-state index >= 15 is 0 Å². The molecule has 0 atom stereocenters. The Morgan fingerprint density at radius 3 is 2.64 bits per heavy atom. The smallest absolute Gasteiger partial charge is 0.270 e. The van der Waals surface area contributed by atoms with Crippen LogP contribution < -0.4 is 5.32 Å². The highest BCUT2D eigenvalue weighted by Crippen LogP contribution is 2.13. The summed E-state index contributed by atoms with van der Waals surface area (Å²) in [4.78, 5) is 22.3. The molecule has 7 heteroatoms. The average molecular weight is 336 g/mol. The van der Waals surface area contributed by atoms with Crippen LogP contribution in [0.1, 0.15) is 15.9 Å². The number of nitro groups is 1. The Bertz CT molecular complexity index is 874. The Morgan fingerprint density at radius 1 is 1.16 bits per heavy atom. The first kappa shape index (κ1) is 16.4. The summed E-state index contributed by atoms with van der Waals surface area (Å²) >= 11 is 0. The molecule has 0 bridgehead atoms. The maximum absolute atomic E-state index is 12.1. The van der Waals surface area contributed by atoms with Gasteiger partial charge in [-0.05, 0) is 36.2 Å². The van der Waals surface area contributed by atoms with Crippen LogP contribution in [0.25, 0.3) is 5.69 Å². The highest BCUT2D eigenvalue weighted by Gasteiger charge is 2.10. The molecular weight excluding hydrogens is 320 g/mol. The Hall–Kier alpha value is -3.48. The Kier molecular flexibility index (Phi) is 4.84. The summed E-state index contributed by atoms with van der Waals surface area (Å²) in [6.07, 6.45) is 4.26. The van der Waals surface area contributed by atoms with Crippen molar-refractivity contribution in [1.82, 2.24) is 15.1 Å². The largest absolute Gasteiger partial charge is 0.352 e. The van der Waals surface area contributed by atoms with Gasteiger partial charge in [0.15, 0.2) is 0 Å². The van der Waals surface area contributed by atoms with E-state index in [1.165, 1.54) is 18.2 Å². The normalized spacial score (nSPS) is 10.4. The maximum Gasteiger partial charge on any atom is 0.270 e. The van der Waals surface area contributed by atoms with E-state index in [9.17, 15) is 14.9 Å². The quantitative estimate of drug-likeness (QED) is 0.553. The van der Waals surface area contributed by atoms with Crippen molar-refractivity contribution in [2.24, 2.45) is 0 Å². The number of benzene rings is 2. The third kappa shape index (κ3) is 4.08. The summed E-state index contributed by atoms with van der Waals surface area (Å²) in [6.45, 7) is 0.447. The Balaban J connectivity index is 1.55. The van der Waals surface area contributed by atoms with Gasteiger partial charge in [0.2, 0.25) is 0 Å². The molecule has 0 aliphatic rings. The minimum Gasteiger partial charge on any atom is -0.352 e. The topological polar surface area (TPSA) is 90.1 Å². The van der Waals surface area contributed by atoms with Crippen molar-refractivity contribution in [3.05, 3.63) is 88.2 Å². The number of nitrogens with zero attached hydrogens (tertiary/aromatic N) is 3. The zero-order valence-corrected chi connectivity index (χ0v) is 13.3. The molecule has 0 radical (unpaired) electrons. The summed E-state index contributed by atoms with van der Waals surface area (Å²) in [5, 5.41) is 17.7. The van der Waals surface area contributed by atoms with E-state index in [-0.39, 0.29) is 17.2 Å². The number of nitro benzene ring substituents is 1. The molecule has 3 rings (SSSR count). The fraction of sp³-hybridized carbons (Fsp3) is 0.111. The van der Waals surface area contributed by atoms with Crippen LogP contribution in [0.3, 0.4) is 0 Å². The van der Waals surface area contributed by atoms with E-state index in [0.717, 1.165) is 11.3 Å². The highest BCUT2D eigenvalue weighted by atomic mass is 16.6. The SMILES string of the molecule is O=C(NCCc1ccc(-n2cccn2)cc1)c1cccc([N+](=O)[O-])c1. The number of carbonyl (C=O) groups excluding carboxylic acids is 1. The van der Waals surface area contributed by atoms with Crippen LogP contribution in [0.4, 0.5) is 5.69 Å². The summed E-state index contributed by atoms with van der Waals surface area (Å²) in [7, 11) is 0. The summed E-state index contributed by atoms with van der Waals surface area (Å²) in [5.74, 6) is -0.322. The van der Waals surface area contributed by atoms with Crippen LogP contribution in [0.2, 0.25) is 0 Å². The number of amides is 1. The number of hydrogen-bond acceptors (Lipinski definition) is 4. The lowest BCUT2D eigenvalue weighted by molar-refractivity contribution is -0.384. The van der Waals surface area contributed by atoms with Gasteiger partial charge in [-0.3, -0.25) is 14.9 Å². The van der Waals surface area contributed by atoms with Gasteiger partial charge >= 0.3 is 0 Å². The number of hydrogen-bond donors (Lipinski definition) is 1. The van der Waals surface area contributed by atoms with Gasteiger partial charge < -0.3 is 5.32 Å². The minimum absolute atomic E-state index is 0.0955. The molecule has 1 amide bonds. The van der Waals surface area contributed by atoms with Crippen LogP contribution >= 0.6 is 0 Å². The molecule has 1 heterocycles. The van der Waals surface area contributed by atoms with Crippen LogP contribution in [0.5, 0.6) is 0 Å². The molecule has 1 N–H and O–H groups in total. The van der Waals surface area contributed by atoms with Gasteiger partial charge in [-0.25, -0.2) is 4.68 Å². The second-order valence-corrected chi connectivity index (χ2v) is 5.43. The third-order valence-corrected chi connectivity index (χ3v) is 3.72. The van der Waals surface area contributed by atoms with Gasteiger partial charge in [0.1, 0.15) is 0 Å². The first-order valence-electron chi connectivity index (χ1n) is 7.75.